The van der Waals surface area contributed by atoms with E-state index in [2.05, 4.69) is 10.3 Å². The first-order valence-electron chi connectivity index (χ1n) is 4.14. The highest BCUT2D eigenvalue weighted by molar-refractivity contribution is 5.35. The van der Waals surface area contributed by atoms with Gasteiger partial charge in [-0.15, -0.1) is 0 Å². The maximum Gasteiger partial charge on any atom is 0.126 e. The van der Waals surface area contributed by atoms with E-state index >= 15 is 0 Å². The molecule has 64 valence electrons. The van der Waals surface area contributed by atoms with Gasteiger partial charge in [-0.2, -0.15) is 0 Å². The Balaban J connectivity index is 1.92. The van der Waals surface area contributed by atoms with E-state index in [1.54, 1.807) is 0 Å². The lowest BCUT2D eigenvalue weighted by atomic mass is 10.3. The van der Waals surface area contributed by atoms with Crippen LogP contribution in [0.5, 0.6) is 0 Å². The third-order valence-corrected chi connectivity index (χ3v) is 1.80. The SMILES string of the molecule is Cc1cccc(NCC2CO2)n1. The van der Waals surface area contributed by atoms with E-state index in [1.807, 2.05) is 25.1 Å². The van der Waals surface area contributed by atoms with Crippen molar-refractivity contribution >= 4 is 5.82 Å². The van der Waals surface area contributed by atoms with Crippen molar-refractivity contribution < 1.29 is 4.74 Å². The molecule has 1 N–H and O–H groups in total. The molecular formula is C9H12N2O. The van der Waals surface area contributed by atoms with Gasteiger partial charge in [-0.3, -0.25) is 0 Å². The topological polar surface area (TPSA) is 37.5 Å². The molecule has 0 radical (unpaired) electrons. The Kier molecular flexibility index (Phi) is 1.96. The summed E-state index contributed by atoms with van der Waals surface area (Å²) in [6, 6.07) is 5.95. The molecule has 0 saturated carbocycles. The van der Waals surface area contributed by atoms with Crippen molar-refractivity contribution in [2.24, 2.45) is 0 Å². The molecule has 0 aromatic carbocycles. The number of hydrogen-bond donors (Lipinski definition) is 1. The molecule has 1 fully saturated rings. The lowest BCUT2D eigenvalue weighted by Gasteiger charge is -2.02. The second-order valence-electron chi connectivity index (χ2n) is 3.00. The average Bonchev–Trinajstić information content (AvgIpc) is 2.84. The monoisotopic (exact) mass is 164 g/mol. The molecule has 1 aliphatic rings. The summed E-state index contributed by atoms with van der Waals surface area (Å²) >= 11 is 0. The van der Waals surface area contributed by atoms with Crippen LogP contribution in [-0.4, -0.2) is 24.2 Å². The zero-order chi connectivity index (χ0) is 8.39. The zero-order valence-corrected chi connectivity index (χ0v) is 7.08. The average molecular weight is 164 g/mol. The normalized spacial score (nSPS) is 20.6. The Morgan fingerprint density at radius 3 is 3.17 bits per heavy atom. The second kappa shape index (κ2) is 3.11. The van der Waals surface area contributed by atoms with Gasteiger partial charge in [0, 0.05) is 12.2 Å². The summed E-state index contributed by atoms with van der Waals surface area (Å²) in [6.45, 7) is 3.74. The van der Waals surface area contributed by atoms with Crippen molar-refractivity contribution in [3.8, 4) is 0 Å². The summed E-state index contributed by atoms with van der Waals surface area (Å²) in [4.78, 5) is 4.31. The lowest BCUT2D eigenvalue weighted by molar-refractivity contribution is 0.416. The molecule has 1 saturated heterocycles. The van der Waals surface area contributed by atoms with Gasteiger partial charge in [-0.1, -0.05) is 6.07 Å². The van der Waals surface area contributed by atoms with Crippen LogP contribution in [0.15, 0.2) is 18.2 Å². The Morgan fingerprint density at radius 2 is 2.50 bits per heavy atom. The Morgan fingerprint density at radius 1 is 1.67 bits per heavy atom. The number of nitrogens with one attached hydrogen (secondary N) is 1. The highest BCUT2D eigenvalue weighted by Crippen LogP contribution is 2.10. The first-order valence-corrected chi connectivity index (χ1v) is 4.14. The fourth-order valence-corrected chi connectivity index (χ4v) is 1.05. The maximum absolute atomic E-state index is 5.07. The van der Waals surface area contributed by atoms with Crippen LogP contribution in [0.25, 0.3) is 0 Å². The van der Waals surface area contributed by atoms with Gasteiger partial charge in [-0.25, -0.2) is 4.98 Å². The summed E-state index contributed by atoms with van der Waals surface area (Å²) in [6.07, 6.45) is 0.410. The molecule has 0 aliphatic carbocycles. The van der Waals surface area contributed by atoms with Crippen LogP contribution in [0, 0.1) is 6.92 Å². The number of aromatic nitrogens is 1. The molecule has 0 bridgehead atoms. The van der Waals surface area contributed by atoms with Gasteiger partial charge in [0.25, 0.3) is 0 Å². The number of aryl methyl sites for hydroxylation is 1. The fraction of sp³-hybridized carbons (Fsp3) is 0.444. The van der Waals surface area contributed by atoms with E-state index in [4.69, 9.17) is 4.74 Å². The van der Waals surface area contributed by atoms with E-state index in [9.17, 15) is 0 Å². The largest absolute Gasteiger partial charge is 0.371 e. The molecule has 1 aliphatic heterocycles. The summed E-state index contributed by atoms with van der Waals surface area (Å²) in [5.41, 5.74) is 1.04. The second-order valence-corrected chi connectivity index (χ2v) is 3.00. The minimum Gasteiger partial charge on any atom is -0.371 e. The van der Waals surface area contributed by atoms with Crippen LogP contribution in [0.4, 0.5) is 5.82 Å². The van der Waals surface area contributed by atoms with Gasteiger partial charge < -0.3 is 10.1 Å². The number of rotatable bonds is 3. The van der Waals surface area contributed by atoms with Gasteiger partial charge in [0.15, 0.2) is 0 Å². The molecule has 3 heteroatoms. The number of nitrogens with zero attached hydrogens (tertiary/aromatic N) is 1. The van der Waals surface area contributed by atoms with Crippen molar-refractivity contribution in [3.63, 3.8) is 0 Å². The van der Waals surface area contributed by atoms with Crippen molar-refractivity contribution in [2.75, 3.05) is 18.5 Å². The number of epoxide rings is 1. The predicted molar refractivity (Wildman–Crippen MR) is 47.2 cm³/mol. The molecule has 0 spiro atoms. The highest BCUT2D eigenvalue weighted by atomic mass is 16.6. The predicted octanol–water partition coefficient (Wildman–Crippen LogP) is 1.20. The van der Waals surface area contributed by atoms with Crippen molar-refractivity contribution in [3.05, 3.63) is 23.9 Å². The van der Waals surface area contributed by atoms with E-state index in [0.29, 0.717) is 6.10 Å². The first kappa shape index (κ1) is 7.55. The Hall–Kier alpha value is -1.09. The van der Waals surface area contributed by atoms with Gasteiger partial charge in [-0.05, 0) is 19.1 Å². The summed E-state index contributed by atoms with van der Waals surface area (Å²) in [7, 11) is 0. The van der Waals surface area contributed by atoms with E-state index in [-0.39, 0.29) is 0 Å². The van der Waals surface area contributed by atoms with E-state index in [0.717, 1.165) is 24.7 Å². The number of pyridine rings is 1. The quantitative estimate of drug-likeness (QED) is 0.682. The van der Waals surface area contributed by atoms with Crippen LogP contribution in [0.3, 0.4) is 0 Å². The number of hydrogen-bond acceptors (Lipinski definition) is 3. The molecule has 12 heavy (non-hydrogen) atoms. The van der Waals surface area contributed by atoms with Crippen LogP contribution < -0.4 is 5.32 Å². The number of anilines is 1. The molecule has 2 rings (SSSR count). The zero-order valence-electron chi connectivity index (χ0n) is 7.08. The summed E-state index contributed by atoms with van der Waals surface area (Å²) in [5, 5.41) is 3.21. The number of ether oxygens (including phenoxy) is 1. The Bertz CT molecular complexity index is 271. The molecule has 1 atom stereocenters. The fourth-order valence-electron chi connectivity index (χ4n) is 1.05. The molecular weight excluding hydrogens is 152 g/mol. The molecule has 3 nitrogen and oxygen atoms in total. The van der Waals surface area contributed by atoms with Gasteiger partial charge >= 0.3 is 0 Å². The molecule has 1 aromatic rings. The minimum atomic E-state index is 0.410. The maximum atomic E-state index is 5.07. The molecule has 2 heterocycles. The summed E-state index contributed by atoms with van der Waals surface area (Å²) < 4.78 is 5.07. The van der Waals surface area contributed by atoms with Crippen molar-refractivity contribution in [1.29, 1.82) is 0 Å². The molecule has 1 unspecified atom stereocenters. The standard InChI is InChI=1S/C9H12N2O/c1-7-3-2-4-9(11-7)10-5-8-6-12-8/h2-4,8H,5-6H2,1H3,(H,10,11). The van der Waals surface area contributed by atoms with Crippen molar-refractivity contribution in [1.82, 2.24) is 4.98 Å². The smallest absolute Gasteiger partial charge is 0.126 e. The first-order chi connectivity index (χ1) is 5.84. The van der Waals surface area contributed by atoms with Crippen LogP contribution >= 0.6 is 0 Å². The molecule has 1 aromatic heterocycles. The highest BCUT2D eigenvalue weighted by Gasteiger charge is 2.21. The minimum absolute atomic E-state index is 0.410. The third kappa shape index (κ3) is 1.95. The van der Waals surface area contributed by atoms with Gasteiger partial charge in [0.1, 0.15) is 5.82 Å². The molecule has 0 amide bonds. The van der Waals surface area contributed by atoms with Crippen molar-refractivity contribution in [2.45, 2.75) is 13.0 Å². The Labute approximate surface area is 71.8 Å². The van der Waals surface area contributed by atoms with Crippen LogP contribution in [0.2, 0.25) is 0 Å². The van der Waals surface area contributed by atoms with E-state index < -0.39 is 0 Å². The van der Waals surface area contributed by atoms with Crippen LogP contribution in [0.1, 0.15) is 5.69 Å². The summed E-state index contributed by atoms with van der Waals surface area (Å²) in [5.74, 6) is 0.936. The lowest BCUT2D eigenvalue weighted by Crippen LogP contribution is -2.08. The van der Waals surface area contributed by atoms with Gasteiger partial charge in [0.05, 0.1) is 12.7 Å². The van der Waals surface area contributed by atoms with Gasteiger partial charge in [0.2, 0.25) is 0 Å². The third-order valence-electron chi connectivity index (χ3n) is 1.80. The van der Waals surface area contributed by atoms with Crippen LogP contribution in [-0.2, 0) is 4.74 Å². The van der Waals surface area contributed by atoms with E-state index in [1.165, 1.54) is 0 Å².